The summed E-state index contributed by atoms with van der Waals surface area (Å²) in [6.07, 6.45) is 5.56. The molecule has 15 rings (SSSR count). The van der Waals surface area contributed by atoms with Crippen molar-refractivity contribution in [3.8, 4) is 55.6 Å². The number of fused-ring (bicyclic) bond motifs is 15. The van der Waals surface area contributed by atoms with Gasteiger partial charge in [0.2, 0.25) is 0 Å². The second-order valence-corrected chi connectivity index (χ2v) is 25.4. The molecule has 0 radical (unpaired) electrons. The van der Waals surface area contributed by atoms with E-state index in [4.69, 9.17) is 0 Å². The number of aryl methyl sites for hydroxylation is 8. The van der Waals surface area contributed by atoms with E-state index in [2.05, 4.69) is 258 Å². The van der Waals surface area contributed by atoms with Gasteiger partial charge in [-0.05, 0) is 357 Å². The van der Waals surface area contributed by atoms with Crippen LogP contribution in [0.3, 0.4) is 0 Å². The Morgan fingerprint density at radius 1 is 0.193 bits per heavy atom. The van der Waals surface area contributed by atoms with Gasteiger partial charge in [-0.25, -0.2) is 0 Å². The molecule has 0 bridgehead atoms. The molecule has 0 heterocycles. The Balaban J connectivity index is 0.000000109. The van der Waals surface area contributed by atoms with Crippen LogP contribution < -0.4 is 0 Å². The zero-order valence-electron chi connectivity index (χ0n) is 53.2. The lowest BCUT2D eigenvalue weighted by Crippen LogP contribution is -1.98. The van der Waals surface area contributed by atoms with E-state index in [1.165, 1.54) is 206 Å². The average molecular weight is 1080 g/mol. The van der Waals surface area contributed by atoms with Crippen LogP contribution in [0.15, 0.2) is 133 Å². The van der Waals surface area contributed by atoms with Crippen LogP contribution in [-0.2, 0) is 32.1 Å². The van der Waals surface area contributed by atoms with Gasteiger partial charge < -0.3 is 0 Å². The summed E-state index contributed by atoms with van der Waals surface area (Å²) in [5.41, 5.74) is 55.6. The van der Waals surface area contributed by atoms with Crippen LogP contribution in [0, 0.1) is 125 Å². The van der Waals surface area contributed by atoms with E-state index in [0.717, 1.165) is 32.1 Å². The molecule has 0 nitrogen and oxygen atoms in total. The summed E-state index contributed by atoms with van der Waals surface area (Å²) >= 11 is 0. The van der Waals surface area contributed by atoms with Gasteiger partial charge in [0.15, 0.2) is 0 Å². The first kappa shape index (κ1) is 57.0. The topological polar surface area (TPSA) is 0 Å². The van der Waals surface area contributed by atoms with Crippen molar-refractivity contribution in [3.05, 3.63) is 289 Å². The molecule has 10 aromatic carbocycles. The van der Waals surface area contributed by atoms with Crippen molar-refractivity contribution in [1.82, 2.24) is 0 Å². The van der Waals surface area contributed by atoms with Crippen molar-refractivity contribution < 1.29 is 0 Å². The number of hydrogen-bond acceptors (Lipinski definition) is 0. The van der Waals surface area contributed by atoms with E-state index in [9.17, 15) is 0 Å². The highest BCUT2D eigenvalue weighted by atomic mass is 14.3. The quantitative estimate of drug-likeness (QED) is 0.142. The van der Waals surface area contributed by atoms with Gasteiger partial charge in [0, 0.05) is 0 Å². The first-order chi connectivity index (χ1) is 39.6. The fourth-order valence-electron chi connectivity index (χ4n) is 14.4. The molecule has 0 aromatic heterocycles. The van der Waals surface area contributed by atoms with E-state index in [0.29, 0.717) is 0 Å². The van der Waals surface area contributed by atoms with Crippen LogP contribution in [0.2, 0.25) is 0 Å². The van der Waals surface area contributed by atoms with Gasteiger partial charge in [-0.15, -0.1) is 0 Å². The van der Waals surface area contributed by atoms with Gasteiger partial charge in [0.25, 0.3) is 0 Å². The maximum absolute atomic E-state index is 2.37. The average Bonchev–Trinajstić information content (AvgIpc) is 3.26. The number of hydrogen-bond donors (Lipinski definition) is 0. The van der Waals surface area contributed by atoms with Crippen LogP contribution in [0.5, 0.6) is 0 Å². The van der Waals surface area contributed by atoms with Gasteiger partial charge in [-0.1, -0.05) is 145 Å². The van der Waals surface area contributed by atoms with Crippen molar-refractivity contribution in [2.75, 3.05) is 0 Å². The summed E-state index contributed by atoms with van der Waals surface area (Å²) in [6, 6.07) is 49.5. The van der Waals surface area contributed by atoms with Crippen LogP contribution in [0.1, 0.15) is 156 Å². The lowest BCUT2D eigenvalue weighted by Gasteiger charge is -2.16. The zero-order valence-corrected chi connectivity index (χ0v) is 53.2. The van der Waals surface area contributed by atoms with Gasteiger partial charge in [-0.3, -0.25) is 0 Å². The van der Waals surface area contributed by atoms with Gasteiger partial charge in [-0.2, -0.15) is 0 Å². The molecule has 0 atom stereocenters. The molecule has 0 spiro atoms. The van der Waals surface area contributed by atoms with E-state index in [1.54, 1.807) is 5.56 Å². The van der Waals surface area contributed by atoms with Crippen molar-refractivity contribution in [2.24, 2.45) is 0 Å². The highest BCUT2D eigenvalue weighted by molar-refractivity contribution is 5.85. The molecule has 418 valence electrons. The van der Waals surface area contributed by atoms with E-state index < -0.39 is 0 Å². The molecule has 0 fully saturated rings. The first-order valence-electron chi connectivity index (χ1n) is 30.6. The molecule has 0 aliphatic heterocycles. The minimum absolute atomic E-state index is 1.11. The third-order valence-corrected chi connectivity index (χ3v) is 20.7. The summed E-state index contributed by atoms with van der Waals surface area (Å²) in [4.78, 5) is 0. The Bertz CT molecular complexity index is 4290. The van der Waals surface area contributed by atoms with Crippen molar-refractivity contribution in [3.63, 3.8) is 0 Å². The Morgan fingerprint density at radius 2 is 0.651 bits per heavy atom. The summed E-state index contributed by atoms with van der Waals surface area (Å²) < 4.78 is 0. The molecule has 0 saturated heterocycles. The number of rotatable bonds is 0. The summed E-state index contributed by atoms with van der Waals surface area (Å²) in [7, 11) is 0. The monoisotopic (exact) mass is 1080 g/mol. The van der Waals surface area contributed by atoms with Crippen LogP contribution in [0.4, 0.5) is 0 Å². The summed E-state index contributed by atoms with van der Waals surface area (Å²) in [6.45, 7) is 40.1. The van der Waals surface area contributed by atoms with Crippen LogP contribution >= 0.6 is 0 Å². The van der Waals surface area contributed by atoms with Gasteiger partial charge in [0.05, 0.1) is 0 Å². The van der Waals surface area contributed by atoms with E-state index in [1.807, 2.05) is 0 Å². The van der Waals surface area contributed by atoms with Crippen molar-refractivity contribution >= 4 is 0 Å². The molecule has 0 saturated carbocycles. The molecule has 0 N–H and O–H groups in total. The fourth-order valence-corrected chi connectivity index (χ4v) is 14.4. The third-order valence-electron chi connectivity index (χ3n) is 20.7. The summed E-state index contributed by atoms with van der Waals surface area (Å²) in [5, 5.41) is 0. The van der Waals surface area contributed by atoms with E-state index in [-0.39, 0.29) is 0 Å². The lowest BCUT2D eigenvalue weighted by molar-refractivity contribution is 1.15. The Hall–Kier alpha value is -7.80. The Kier molecular flexibility index (Phi) is 15.4. The SMILES string of the molecule is Cc1c(C)c(C)c2c(c1C)Cc1ccccc1-2.Cc1cc2c(c(C)c1C)Cc1cccc(C)c1-2.Cc1ccc2c(c1)-c1cc(C)c(C)c(C)c1C2.Cc1ccc2c(c1)Cc1c-2ccc(C)c1C.Cc1ccc2c(c1C)Cc1c(C)cccc1-2. The Labute approximate surface area is 498 Å². The molecule has 5 aliphatic rings. The highest BCUT2D eigenvalue weighted by Gasteiger charge is 2.27. The lowest BCUT2D eigenvalue weighted by atomic mass is 9.89. The van der Waals surface area contributed by atoms with E-state index >= 15 is 0 Å². The van der Waals surface area contributed by atoms with Crippen LogP contribution in [0.25, 0.3) is 55.6 Å². The van der Waals surface area contributed by atoms with Crippen molar-refractivity contribution in [1.29, 1.82) is 0 Å². The molecular weight excluding hydrogens is 997 g/mol. The summed E-state index contributed by atoms with van der Waals surface area (Å²) in [5.74, 6) is 0. The molecule has 83 heavy (non-hydrogen) atoms. The minimum Gasteiger partial charge on any atom is -0.0619 e. The predicted molar refractivity (Wildman–Crippen MR) is 359 cm³/mol. The third kappa shape index (κ3) is 10.2. The maximum atomic E-state index is 2.37. The minimum atomic E-state index is 1.11. The predicted octanol–water partition coefficient (Wildman–Crippen LogP) is 21.8. The molecule has 10 aromatic rings. The number of benzene rings is 10. The molecule has 0 heteroatoms. The fraction of sp³-hybridized carbons (Fsp3) is 0.277. The maximum Gasteiger partial charge on any atom is -0.000810 e. The standard InChI is InChI=1S/3C17H18.2C16H16/c1-10-5-6-14-9-15-13(4)12(3)11(2)8-17(15)16(14)7-10;1-10-6-5-7-14-9-15-13(4)12(3)11(2)8-16(15)17(10)14;1-10-11(2)13(4)17-15-8-6-5-7-14(15)9-16(17)12(10)3;1-10-4-6-14-13(8-10)9-16-12(3)11(2)5-7-15(14)16;1-10-7-8-14-13-6-4-5-11(2)15(13)9-16(14)12(10)3/h3*5-8H,9H2,1-4H3;2*4-8H,9H2,1-3H3. The highest BCUT2D eigenvalue weighted by Crippen LogP contribution is 2.46. The molecule has 5 aliphatic carbocycles. The molecular formula is C83H86. The second-order valence-electron chi connectivity index (χ2n) is 25.4. The Morgan fingerprint density at radius 3 is 1.35 bits per heavy atom. The molecule has 0 unspecified atom stereocenters. The van der Waals surface area contributed by atoms with Gasteiger partial charge >= 0.3 is 0 Å². The smallest absolute Gasteiger partial charge is 0.000810 e. The largest absolute Gasteiger partial charge is 0.0619 e. The second kappa shape index (κ2) is 22.4. The zero-order chi connectivity index (χ0) is 59.0. The van der Waals surface area contributed by atoms with Crippen LogP contribution in [-0.4, -0.2) is 0 Å². The molecule has 0 amide bonds. The van der Waals surface area contributed by atoms with Gasteiger partial charge in [0.1, 0.15) is 0 Å². The first-order valence-corrected chi connectivity index (χ1v) is 30.6. The normalized spacial score (nSPS) is 12.5. The van der Waals surface area contributed by atoms with Crippen molar-refractivity contribution in [2.45, 2.75) is 157 Å².